The van der Waals surface area contributed by atoms with Crippen molar-refractivity contribution in [3.8, 4) is 0 Å². The topological polar surface area (TPSA) is 166 Å². The second kappa shape index (κ2) is 4.55. The van der Waals surface area contributed by atoms with Gasteiger partial charge in [0.25, 0.3) is 11.5 Å². The average Bonchev–Trinajstić information content (AvgIpc) is 2.75. The van der Waals surface area contributed by atoms with E-state index in [1.807, 2.05) is 5.43 Å². The molecule has 0 fully saturated rings. The number of aryl methyl sites for hydroxylation is 1. The van der Waals surface area contributed by atoms with Crippen LogP contribution in [0.3, 0.4) is 0 Å². The number of nitrogens with one attached hydrogen (secondary N) is 3. The number of nitrogen functional groups attached to an aromatic ring is 1. The Labute approximate surface area is 105 Å². The molecule has 0 spiro atoms. The molecule has 2 heterocycles. The highest BCUT2D eigenvalue weighted by atomic mass is 16.2. The molecular weight excluding hydrogens is 256 g/mol. The molecule has 0 aliphatic carbocycles. The minimum atomic E-state index is -0.670. The van der Waals surface area contributed by atoms with E-state index in [0.717, 1.165) is 4.57 Å². The van der Waals surface area contributed by atoms with E-state index in [1.54, 1.807) is 0 Å². The van der Waals surface area contributed by atoms with Crippen molar-refractivity contribution in [2.75, 3.05) is 5.43 Å². The molecule has 0 bridgehead atoms. The summed E-state index contributed by atoms with van der Waals surface area (Å²) < 4.78 is 2.35. The maximum atomic E-state index is 11.8. The van der Waals surface area contributed by atoms with Crippen molar-refractivity contribution in [3.05, 3.63) is 20.8 Å². The first-order valence-electron chi connectivity index (χ1n) is 5.15. The molecule has 0 aliphatic heterocycles. The van der Waals surface area contributed by atoms with E-state index in [4.69, 9.17) is 11.7 Å². The summed E-state index contributed by atoms with van der Waals surface area (Å²) in [5.74, 6) is 9.77. The summed E-state index contributed by atoms with van der Waals surface area (Å²) in [6.45, 7) is -0.270. The zero-order chi connectivity index (χ0) is 14.2. The van der Waals surface area contributed by atoms with Gasteiger partial charge in [0, 0.05) is 7.05 Å². The largest absolute Gasteiger partial charge is 0.329 e. The molecule has 2 rings (SSSR count). The fourth-order valence-electron chi connectivity index (χ4n) is 1.69. The van der Waals surface area contributed by atoms with Crippen molar-refractivity contribution in [2.45, 2.75) is 6.54 Å². The number of nitrogens with zero attached hydrogens (tertiary/aromatic N) is 3. The van der Waals surface area contributed by atoms with Crippen LogP contribution in [0.2, 0.25) is 0 Å². The molecular formula is C8H12N8O3. The van der Waals surface area contributed by atoms with E-state index >= 15 is 0 Å². The smallest absolute Gasteiger partial charge is 0.294 e. The predicted molar refractivity (Wildman–Crippen MR) is 65.7 cm³/mol. The number of aromatic nitrogens is 4. The van der Waals surface area contributed by atoms with Crippen LogP contribution in [0.25, 0.3) is 11.2 Å². The zero-order valence-corrected chi connectivity index (χ0v) is 9.93. The summed E-state index contributed by atoms with van der Waals surface area (Å²) in [7, 11) is 1.43. The number of hydrogen-bond donors (Lipinski definition) is 5. The molecule has 2 aromatic rings. The van der Waals surface area contributed by atoms with Gasteiger partial charge in [-0.2, -0.15) is 4.98 Å². The van der Waals surface area contributed by atoms with Gasteiger partial charge < -0.3 is 0 Å². The lowest BCUT2D eigenvalue weighted by atomic mass is 10.5. The summed E-state index contributed by atoms with van der Waals surface area (Å²) in [6, 6.07) is 0. The van der Waals surface area contributed by atoms with Crippen LogP contribution in [0, 0.1) is 0 Å². The van der Waals surface area contributed by atoms with Crippen LogP contribution in [0.15, 0.2) is 9.59 Å². The maximum absolute atomic E-state index is 11.8. The van der Waals surface area contributed by atoms with Gasteiger partial charge in [-0.25, -0.2) is 16.5 Å². The van der Waals surface area contributed by atoms with Gasteiger partial charge >= 0.3 is 5.69 Å². The van der Waals surface area contributed by atoms with Gasteiger partial charge in [-0.1, -0.05) is 0 Å². The molecule has 0 aliphatic rings. The quantitative estimate of drug-likeness (QED) is 0.221. The number of hydrogen-bond acceptors (Lipinski definition) is 7. The first kappa shape index (κ1) is 12.8. The number of anilines is 1. The molecule has 11 nitrogen and oxygen atoms in total. The van der Waals surface area contributed by atoms with E-state index in [2.05, 4.69) is 15.4 Å². The van der Waals surface area contributed by atoms with E-state index in [1.165, 1.54) is 11.6 Å². The molecule has 0 atom stereocenters. The van der Waals surface area contributed by atoms with E-state index in [0.29, 0.717) is 0 Å². The number of amides is 1. The number of imidazole rings is 1. The van der Waals surface area contributed by atoms with Gasteiger partial charge in [-0.05, 0) is 0 Å². The van der Waals surface area contributed by atoms with Crippen molar-refractivity contribution in [3.63, 3.8) is 0 Å². The SMILES string of the molecule is Cn1c(=O)[nH]c(=O)c2c1nc(NN)n2CC(=O)NN. The number of carbonyl (C=O) groups excluding carboxylic acids is 1. The van der Waals surface area contributed by atoms with Crippen molar-refractivity contribution >= 4 is 23.0 Å². The Morgan fingerprint density at radius 2 is 2.11 bits per heavy atom. The van der Waals surface area contributed by atoms with Crippen LogP contribution in [-0.2, 0) is 18.4 Å². The minimum absolute atomic E-state index is 0.0404. The van der Waals surface area contributed by atoms with Gasteiger partial charge in [-0.3, -0.25) is 34.6 Å². The van der Waals surface area contributed by atoms with Crippen molar-refractivity contribution in [1.82, 2.24) is 24.5 Å². The summed E-state index contributed by atoms with van der Waals surface area (Å²) in [4.78, 5) is 40.7. The third-order valence-corrected chi connectivity index (χ3v) is 2.60. The number of rotatable bonds is 3. The van der Waals surface area contributed by atoms with Crippen LogP contribution < -0.4 is 33.8 Å². The molecule has 0 radical (unpaired) electrons. The first-order chi connectivity index (χ1) is 8.99. The Kier molecular flexibility index (Phi) is 3.06. The van der Waals surface area contributed by atoms with Crippen LogP contribution in [0.1, 0.15) is 0 Å². The molecule has 0 unspecified atom stereocenters. The molecule has 2 aromatic heterocycles. The fourth-order valence-corrected chi connectivity index (χ4v) is 1.69. The van der Waals surface area contributed by atoms with E-state index < -0.39 is 17.2 Å². The van der Waals surface area contributed by atoms with Gasteiger partial charge in [0.05, 0.1) is 0 Å². The Morgan fingerprint density at radius 1 is 1.42 bits per heavy atom. The normalized spacial score (nSPS) is 10.7. The Morgan fingerprint density at radius 3 is 2.68 bits per heavy atom. The first-order valence-corrected chi connectivity index (χ1v) is 5.15. The van der Waals surface area contributed by atoms with Crippen LogP contribution in [-0.4, -0.2) is 25.0 Å². The second-order valence-electron chi connectivity index (χ2n) is 3.72. The van der Waals surface area contributed by atoms with Crippen molar-refractivity contribution in [2.24, 2.45) is 18.7 Å². The maximum Gasteiger partial charge on any atom is 0.329 e. The van der Waals surface area contributed by atoms with Crippen molar-refractivity contribution < 1.29 is 4.79 Å². The second-order valence-corrected chi connectivity index (χ2v) is 3.72. The fraction of sp³-hybridized carbons (Fsp3) is 0.250. The highest BCUT2D eigenvalue weighted by Gasteiger charge is 2.18. The van der Waals surface area contributed by atoms with Crippen molar-refractivity contribution in [1.29, 1.82) is 0 Å². The molecule has 7 N–H and O–H groups in total. The van der Waals surface area contributed by atoms with Crippen LogP contribution in [0.5, 0.6) is 0 Å². The highest BCUT2D eigenvalue weighted by molar-refractivity contribution is 5.80. The highest BCUT2D eigenvalue weighted by Crippen LogP contribution is 2.13. The summed E-state index contributed by atoms with van der Waals surface area (Å²) >= 11 is 0. The number of nitrogens with two attached hydrogens (primary N) is 2. The Hall–Kier alpha value is -2.66. The number of hydrazine groups is 2. The summed E-state index contributed by atoms with van der Waals surface area (Å²) in [5.41, 5.74) is 3.04. The Balaban J connectivity index is 2.81. The van der Waals surface area contributed by atoms with Gasteiger partial charge in [0.1, 0.15) is 6.54 Å². The summed E-state index contributed by atoms with van der Waals surface area (Å²) in [5, 5.41) is 0. The zero-order valence-electron chi connectivity index (χ0n) is 9.93. The third kappa shape index (κ3) is 1.96. The monoisotopic (exact) mass is 268 g/mol. The molecule has 102 valence electrons. The van der Waals surface area contributed by atoms with Gasteiger partial charge in [-0.15, -0.1) is 0 Å². The molecule has 1 amide bonds. The van der Waals surface area contributed by atoms with E-state index in [-0.39, 0.29) is 23.7 Å². The predicted octanol–water partition coefficient (Wildman–Crippen LogP) is -3.30. The molecule has 11 heteroatoms. The van der Waals surface area contributed by atoms with Crippen LogP contribution in [0.4, 0.5) is 5.95 Å². The third-order valence-electron chi connectivity index (χ3n) is 2.60. The standard InChI is InChI=1S/C8H12N8O3/c1-15-5-4(6(18)12-8(15)19)16(2-3(17)13-9)7(11-5)14-10/h2,9-10H2,1H3,(H,11,14)(H,13,17)(H,12,18,19). The average molecular weight is 268 g/mol. The minimum Gasteiger partial charge on any atom is -0.294 e. The number of fused-ring (bicyclic) bond motifs is 1. The number of H-pyrrole nitrogens is 1. The molecule has 0 saturated heterocycles. The lowest BCUT2D eigenvalue weighted by Gasteiger charge is -2.06. The molecule has 0 saturated carbocycles. The summed E-state index contributed by atoms with van der Waals surface area (Å²) in [6.07, 6.45) is 0. The number of aromatic amines is 1. The van der Waals surface area contributed by atoms with Gasteiger partial charge in [0.2, 0.25) is 5.95 Å². The van der Waals surface area contributed by atoms with Gasteiger partial charge in [0.15, 0.2) is 11.2 Å². The lowest BCUT2D eigenvalue weighted by Crippen LogP contribution is -2.35. The lowest BCUT2D eigenvalue weighted by molar-refractivity contribution is -0.121. The van der Waals surface area contributed by atoms with Crippen LogP contribution >= 0.6 is 0 Å². The van der Waals surface area contributed by atoms with E-state index in [9.17, 15) is 14.4 Å². The number of carbonyl (C=O) groups is 1. The molecule has 19 heavy (non-hydrogen) atoms. The molecule has 0 aromatic carbocycles. The Bertz CT molecular complexity index is 754.